The smallest absolute Gasteiger partial charge is 0.0897 e. The van der Waals surface area contributed by atoms with Crippen LogP contribution in [0.15, 0.2) is 30.7 Å². The lowest BCUT2D eigenvalue weighted by Gasteiger charge is -2.16. The number of aromatic nitrogens is 2. The van der Waals surface area contributed by atoms with Crippen LogP contribution in [0.5, 0.6) is 0 Å². The van der Waals surface area contributed by atoms with Crippen molar-refractivity contribution in [2.45, 2.75) is 25.1 Å². The Balaban J connectivity index is 2.19. The zero-order valence-corrected chi connectivity index (χ0v) is 10.8. The number of hydrogen-bond donors (Lipinski definition) is 0. The van der Waals surface area contributed by atoms with Gasteiger partial charge in [0.05, 0.1) is 10.4 Å². The molecule has 0 saturated carbocycles. The standard InChI is InChI=1S/C12H13ClN2S/c1-8(10-3-5-14-6-4-10)12(13)11-7-15-9(2)16-11/h3-8,12H,1-2H3. The first-order valence-corrected chi connectivity index (χ1v) is 6.40. The minimum absolute atomic E-state index is 0.0198. The first-order valence-electron chi connectivity index (χ1n) is 5.15. The number of halogens is 1. The van der Waals surface area contributed by atoms with Crippen LogP contribution in [0.1, 0.15) is 33.7 Å². The summed E-state index contributed by atoms with van der Waals surface area (Å²) in [6.07, 6.45) is 5.47. The molecular formula is C12H13ClN2S. The second kappa shape index (κ2) is 4.93. The van der Waals surface area contributed by atoms with E-state index in [1.54, 1.807) is 23.7 Å². The second-order valence-electron chi connectivity index (χ2n) is 3.75. The quantitative estimate of drug-likeness (QED) is 0.774. The van der Waals surface area contributed by atoms with Crippen molar-refractivity contribution in [3.05, 3.63) is 46.2 Å². The molecule has 0 N–H and O–H groups in total. The van der Waals surface area contributed by atoms with Gasteiger partial charge in [0.2, 0.25) is 0 Å². The topological polar surface area (TPSA) is 25.8 Å². The summed E-state index contributed by atoms with van der Waals surface area (Å²) < 4.78 is 0. The summed E-state index contributed by atoms with van der Waals surface area (Å²) in [5.74, 6) is 0.268. The van der Waals surface area contributed by atoms with E-state index in [9.17, 15) is 0 Å². The van der Waals surface area contributed by atoms with Gasteiger partial charge in [-0.2, -0.15) is 0 Å². The van der Waals surface area contributed by atoms with Crippen LogP contribution in [0.4, 0.5) is 0 Å². The predicted molar refractivity (Wildman–Crippen MR) is 68.1 cm³/mol. The van der Waals surface area contributed by atoms with E-state index in [-0.39, 0.29) is 11.3 Å². The normalized spacial score (nSPS) is 14.7. The SMILES string of the molecule is Cc1ncc(C(Cl)C(C)c2ccncc2)s1. The Bertz CT molecular complexity index is 455. The van der Waals surface area contributed by atoms with Gasteiger partial charge in [0.1, 0.15) is 0 Å². The molecule has 0 aromatic carbocycles. The molecule has 0 aliphatic carbocycles. The van der Waals surface area contributed by atoms with Crippen molar-refractivity contribution < 1.29 is 0 Å². The molecule has 0 fully saturated rings. The molecule has 84 valence electrons. The van der Waals surface area contributed by atoms with E-state index in [1.807, 2.05) is 25.3 Å². The number of nitrogens with zero attached hydrogens (tertiary/aromatic N) is 2. The maximum atomic E-state index is 6.45. The highest BCUT2D eigenvalue weighted by atomic mass is 35.5. The molecule has 0 saturated heterocycles. The van der Waals surface area contributed by atoms with Gasteiger partial charge in [0, 0.05) is 29.4 Å². The average Bonchev–Trinajstić information content (AvgIpc) is 2.75. The molecule has 2 aromatic heterocycles. The van der Waals surface area contributed by atoms with Gasteiger partial charge in [-0.15, -0.1) is 22.9 Å². The minimum atomic E-state index is -0.0198. The third kappa shape index (κ3) is 2.42. The molecule has 0 bridgehead atoms. The van der Waals surface area contributed by atoms with Gasteiger partial charge in [0.25, 0.3) is 0 Å². The summed E-state index contributed by atoms with van der Waals surface area (Å²) in [6.45, 7) is 4.12. The van der Waals surface area contributed by atoms with Gasteiger partial charge < -0.3 is 0 Å². The van der Waals surface area contributed by atoms with Crippen molar-refractivity contribution in [1.29, 1.82) is 0 Å². The molecule has 2 nitrogen and oxygen atoms in total. The lowest BCUT2D eigenvalue weighted by Crippen LogP contribution is -2.00. The van der Waals surface area contributed by atoms with Crippen molar-refractivity contribution in [2.75, 3.05) is 0 Å². The average molecular weight is 253 g/mol. The molecule has 0 aliphatic heterocycles. The fraction of sp³-hybridized carbons (Fsp3) is 0.333. The lowest BCUT2D eigenvalue weighted by molar-refractivity contribution is 0.739. The highest BCUT2D eigenvalue weighted by Gasteiger charge is 2.20. The molecule has 0 amide bonds. The molecule has 0 spiro atoms. The number of pyridine rings is 1. The fourth-order valence-corrected chi connectivity index (χ4v) is 2.79. The second-order valence-corrected chi connectivity index (χ2v) is 5.49. The molecule has 2 atom stereocenters. The van der Waals surface area contributed by atoms with E-state index >= 15 is 0 Å². The fourth-order valence-electron chi connectivity index (χ4n) is 1.59. The van der Waals surface area contributed by atoms with Crippen LogP contribution >= 0.6 is 22.9 Å². The van der Waals surface area contributed by atoms with Crippen molar-refractivity contribution >= 4 is 22.9 Å². The van der Waals surface area contributed by atoms with Crippen LogP contribution < -0.4 is 0 Å². The number of rotatable bonds is 3. The summed E-state index contributed by atoms with van der Waals surface area (Å²) in [5, 5.41) is 1.04. The Morgan fingerprint density at radius 2 is 2.00 bits per heavy atom. The molecule has 4 heteroatoms. The maximum absolute atomic E-state index is 6.45. The minimum Gasteiger partial charge on any atom is -0.265 e. The predicted octanol–water partition coefficient (Wildman–Crippen LogP) is 3.93. The summed E-state index contributed by atoms with van der Waals surface area (Å²) in [7, 11) is 0. The van der Waals surface area contributed by atoms with Gasteiger partial charge in [0.15, 0.2) is 0 Å². The molecule has 16 heavy (non-hydrogen) atoms. The van der Waals surface area contributed by atoms with E-state index in [4.69, 9.17) is 11.6 Å². The van der Waals surface area contributed by atoms with Crippen LogP contribution in [0.25, 0.3) is 0 Å². The summed E-state index contributed by atoms with van der Waals surface area (Å²) >= 11 is 8.11. The Labute approximate surface area is 104 Å². The van der Waals surface area contributed by atoms with Crippen molar-refractivity contribution in [1.82, 2.24) is 9.97 Å². The van der Waals surface area contributed by atoms with Crippen LogP contribution in [0, 0.1) is 6.92 Å². The molecular weight excluding hydrogens is 240 g/mol. The Morgan fingerprint density at radius 3 is 2.56 bits per heavy atom. The van der Waals surface area contributed by atoms with E-state index in [1.165, 1.54) is 5.56 Å². The van der Waals surface area contributed by atoms with Gasteiger partial charge in [-0.05, 0) is 24.6 Å². The number of alkyl halides is 1. The van der Waals surface area contributed by atoms with Gasteiger partial charge in [-0.3, -0.25) is 4.98 Å². The third-order valence-electron chi connectivity index (χ3n) is 2.58. The summed E-state index contributed by atoms with van der Waals surface area (Å²) in [5.41, 5.74) is 1.21. The number of hydrogen-bond acceptors (Lipinski definition) is 3. The van der Waals surface area contributed by atoms with E-state index in [0.29, 0.717) is 0 Å². The van der Waals surface area contributed by atoms with Gasteiger partial charge in [-0.25, -0.2) is 4.98 Å². The van der Waals surface area contributed by atoms with Crippen LogP contribution in [-0.2, 0) is 0 Å². The molecule has 2 heterocycles. The summed E-state index contributed by atoms with van der Waals surface area (Å²) in [6, 6.07) is 4.02. The Kier molecular flexibility index (Phi) is 3.56. The highest BCUT2D eigenvalue weighted by Crippen LogP contribution is 2.38. The first kappa shape index (κ1) is 11.6. The highest BCUT2D eigenvalue weighted by molar-refractivity contribution is 7.11. The largest absolute Gasteiger partial charge is 0.265 e. The maximum Gasteiger partial charge on any atom is 0.0897 e. The summed E-state index contributed by atoms with van der Waals surface area (Å²) in [4.78, 5) is 9.37. The molecule has 2 aromatic rings. The molecule has 0 aliphatic rings. The first-order chi connectivity index (χ1) is 7.68. The van der Waals surface area contributed by atoms with Crippen LogP contribution in [0.3, 0.4) is 0 Å². The zero-order chi connectivity index (χ0) is 11.5. The third-order valence-corrected chi connectivity index (χ3v) is 4.32. The molecule has 2 rings (SSSR count). The zero-order valence-electron chi connectivity index (χ0n) is 9.22. The van der Waals surface area contributed by atoms with Crippen molar-refractivity contribution in [3.63, 3.8) is 0 Å². The Hall–Kier alpha value is -0.930. The Morgan fingerprint density at radius 1 is 1.31 bits per heavy atom. The molecule has 0 radical (unpaired) electrons. The van der Waals surface area contributed by atoms with E-state index < -0.39 is 0 Å². The van der Waals surface area contributed by atoms with E-state index in [2.05, 4.69) is 16.9 Å². The van der Waals surface area contributed by atoms with Gasteiger partial charge >= 0.3 is 0 Å². The number of thiazole rings is 1. The monoisotopic (exact) mass is 252 g/mol. The van der Waals surface area contributed by atoms with Gasteiger partial charge in [-0.1, -0.05) is 6.92 Å². The van der Waals surface area contributed by atoms with Crippen LogP contribution in [0.2, 0.25) is 0 Å². The van der Waals surface area contributed by atoms with E-state index in [0.717, 1.165) is 9.88 Å². The number of aryl methyl sites for hydroxylation is 1. The van der Waals surface area contributed by atoms with Crippen molar-refractivity contribution in [2.24, 2.45) is 0 Å². The van der Waals surface area contributed by atoms with Crippen molar-refractivity contribution in [3.8, 4) is 0 Å². The lowest BCUT2D eigenvalue weighted by atomic mass is 9.98. The van der Waals surface area contributed by atoms with Crippen LogP contribution in [-0.4, -0.2) is 9.97 Å². The molecule has 2 unspecified atom stereocenters.